The number of hydrogen-bond acceptors (Lipinski definition) is 3. The van der Waals surface area contributed by atoms with Crippen molar-refractivity contribution >= 4 is 0 Å². The predicted molar refractivity (Wildman–Crippen MR) is 75.4 cm³/mol. The van der Waals surface area contributed by atoms with Gasteiger partial charge in [0.2, 0.25) is 0 Å². The van der Waals surface area contributed by atoms with Crippen molar-refractivity contribution in [2.75, 3.05) is 19.6 Å². The Bertz CT molecular complexity index is 270. The Morgan fingerprint density at radius 2 is 1.67 bits per heavy atom. The van der Waals surface area contributed by atoms with Crippen LogP contribution in [0.4, 0.5) is 0 Å². The van der Waals surface area contributed by atoms with Crippen LogP contribution in [0.15, 0.2) is 0 Å². The third kappa shape index (κ3) is 2.59. The molecule has 4 N–H and O–H groups in total. The second kappa shape index (κ2) is 5.10. The molecule has 1 aliphatic carbocycles. The summed E-state index contributed by atoms with van der Waals surface area (Å²) in [5, 5.41) is 14.6. The van der Waals surface area contributed by atoms with Crippen LogP contribution in [0.2, 0.25) is 0 Å². The first-order valence-electron chi connectivity index (χ1n) is 7.56. The van der Waals surface area contributed by atoms with Gasteiger partial charge >= 0.3 is 0 Å². The minimum absolute atomic E-state index is 0.0332. The van der Waals surface area contributed by atoms with E-state index >= 15 is 0 Å². The van der Waals surface area contributed by atoms with Crippen LogP contribution < -0.4 is 11.1 Å². The van der Waals surface area contributed by atoms with E-state index in [1.807, 2.05) is 0 Å². The molecular weight excluding hydrogens is 224 g/mol. The normalized spacial score (nSPS) is 36.0. The highest BCUT2D eigenvalue weighted by Crippen LogP contribution is 2.52. The maximum absolute atomic E-state index is 11.2. The molecule has 0 radical (unpaired) electrons. The predicted octanol–water partition coefficient (Wildman–Crippen LogP) is 2.04. The number of aliphatic hydroxyl groups is 1. The molecule has 0 amide bonds. The second-order valence-electron chi connectivity index (χ2n) is 7.28. The largest absolute Gasteiger partial charge is 0.389 e. The summed E-state index contributed by atoms with van der Waals surface area (Å²) >= 11 is 0. The molecule has 0 spiro atoms. The lowest BCUT2D eigenvalue weighted by atomic mass is 9.56. The van der Waals surface area contributed by atoms with Crippen LogP contribution in [-0.2, 0) is 0 Å². The molecule has 106 valence electrons. The van der Waals surface area contributed by atoms with Crippen LogP contribution in [0.1, 0.15) is 58.8 Å². The molecule has 1 unspecified atom stereocenters. The fraction of sp³-hybridized carbons (Fsp3) is 1.00. The van der Waals surface area contributed by atoms with Crippen LogP contribution in [0.5, 0.6) is 0 Å². The maximum atomic E-state index is 11.2. The van der Waals surface area contributed by atoms with Crippen LogP contribution in [0.3, 0.4) is 0 Å². The van der Waals surface area contributed by atoms with Crippen molar-refractivity contribution in [1.29, 1.82) is 0 Å². The summed E-state index contributed by atoms with van der Waals surface area (Å²) in [6, 6.07) is 0. The molecule has 18 heavy (non-hydrogen) atoms. The number of nitrogens with two attached hydrogens (primary N) is 1. The lowest BCUT2D eigenvalue weighted by molar-refractivity contribution is -0.119. The quantitative estimate of drug-likeness (QED) is 0.707. The highest BCUT2D eigenvalue weighted by molar-refractivity contribution is 5.04. The van der Waals surface area contributed by atoms with Crippen molar-refractivity contribution in [3.63, 3.8) is 0 Å². The highest BCUT2D eigenvalue weighted by Gasteiger charge is 2.51. The van der Waals surface area contributed by atoms with Gasteiger partial charge < -0.3 is 16.2 Å². The van der Waals surface area contributed by atoms with E-state index in [9.17, 15) is 5.11 Å². The molecule has 0 aromatic heterocycles. The van der Waals surface area contributed by atoms with Gasteiger partial charge in [0.15, 0.2) is 0 Å². The summed E-state index contributed by atoms with van der Waals surface area (Å²) < 4.78 is 0. The monoisotopic (exact) mass is 254 g/mol. The van der Waals surface area contributed by atoms with E-state index < -0.39 is 5.60 Å². The minimum Gasteiger partial charge on any atom is -0.389 e. The van der Waals surface area contributed by atoms with E-state index in [2.05, 4.69) is 19.2 Å². The fourth-order valence-electron chi connectivity index (χ4n) is 3.85. The highest BCUT2D eigenvalue weighted by atomic mass is 16.3. The van der Waals surface area contributed by atoms with Gasteiger partial charge in [-0.15, -0.1) is 0 Å². The van der Waals surface area contributed by atoms with Gasteiger partial charge in [-0.3, -0.25) is 0 Å². The van der Waals surface area contributed by atoms with Gasteiger partial charge in [-0.25, -0.2) is 0 Å². The molecular formula is C15H30N2O. The molecule has 0 aromatic rings. The molecule has 0 bridgehead atoms. The molecule has 1 saturated heterocycles. The van der Waals surface area contributed by atoms with E-state index in [1.165, 1.54) is 12.8 Å². The molecule has 1 saturated carbocycles. The van der Waals surface area contributed by atoms with Crippen LogP contribution >= 0.6 is 0 Å². The van der Waals surface area contributed by atoms with Crippen molar-refractivity contribution in [3.05, 3.63) is 0 Å². The Hall–Kier alpha value is -0.120. The lowest BCUT2D eigenvalue weighted by Gasteiger charge is -2.52. The first kappa shape index (κ1) is 14.3. The first-order chi connectivity index (χ1) is 8.43. The molecule has 2 fully saturated rings. The van der Waals surface area contributed by atoms with Crippen LogP contribution in [0, 0.1) is 10.8 Å². The van der Waals surface area contributed by atoms with E-state index in [0.29, 0.717) is 12.0 Å². The minimum atomic E-state index is -0.540. The van der Waals surface area contributed by atoms with Gasteiger partial charge in [-0.2, -0.15) is 0 Å². The zero-order chi connectivity index (χ0) is 13.3. The van der Waals surface area contributed by atoms with E-state index in [1.54, 1.807) is 0 Å². The summed E-state index contributed by atoms with van der Waals surface area (Å²) in [7, 11) is 0. The summed E-state index contributed by atoms with van der Waals surface area (Å²) in [5.74, 6) is 0. The number of rotatable bonds is 2. The standard InChI is InChI=1S/C15H30N2O/c1-13(2)5-7-14(12-16,8-6-13)15(18)4-3-10-17-11-9-15/h17-18H,3-12,16H2,1-2H3. The molecule has 1 aliphatic heterocycles. The fourth-order valence-corrected chi connectivity index (χ4v) is 3.85. The Labute approximate surface area is 112 Å². The zero-order valence-corrected chi connectivity index (χ0v) is 12.1. The van der Waals surface area contributed by atoms with E-state index in [4.69, 9.17) is 5.73 Å². The van der Waals surface area contributed by atoms with Gasteiger partial charge in [-0.1, -0.05) is 13.8 Å². The van der Waals surface area contributed by atoms with Gasteiger partial charge in [0.05, 0.1) is 5.60 Å². The van der Waals surface area contributed by atoms with Crippen LogP contribution in [-0.4, -0.2) is 30.3 Å². The molecule has 3 nitrogen and oxygen atoms in total. The van der Waals surface area contributed by atoms with Gasteiger partial charge in [0.1, 0.15) is 0 Å². The molecule has 1 atom stereocenters. The van der Waals surface area contributed by atoms with Crippen molar-refractivity contribution in [1.82, 2.24) is 5.32 Å². The summed E-state index contributed by atoms with van der Waals surface area (Å²) in [6.45, 7) is 7.29. The number of hydrogen-bond donors (Lipinski definition) is 3. The Morgan fingerprint density at radius 3 is 2.28 bits per heavy atom. The van der Waals surface area contributed by atoms with Crippen LogP contribution in [0.25, 0.3) is 0 Å². The van der Waals surface area contributed by atoms with E-state index in [0.717, 1.165) is 45.2 Å². The molecule has 0 aromatic carbocycles. The summed E-state index contributed by atoms with van der Waals surface area (Å²) in [4.78, 5) is 0. The second-order valence-corrected chi connectivity index (χ2v) is 7.28. The summed E-state index contributed by atoms with van der Waals surface area (Å²) in [5.41, 5.74) is 5.97. The van der Waals surface area contributed by atoms with Gasteiger partial charge in [-0.05, 0) is 63.5 Å². The zero-order valence-electron chi connectivity index (χ0n) is 12.1. The molecule has 3 heteroatoms. The van der Waals surface area contributed by atoms with Crippen molar-refractivity contribution in [3.8, 4) is 0 Å². The lowest BCUT2D eigenvalue weighted by Crippen LogP contribution is -2.55. The van der Waals surface area contributed by atoms with Gasteiger partial charge in [0, 0.05) is 12.0 Å². The average molecular weight is 254 g/mol. The molecule has 2 rings (SSSR count). The maximum Gasteiger partial charge on any atom is 0.0728 e. The summed E-state index contributed by atoms with van der Waals surface area (Å²) in [6.07, 6.45) is 7.42. The van der Waals surface area contributed by atoms with Gasteiger partial charge in [0.25, 0.3) is 0 Å². The van der Waals surface area contributed by atoms with Crippen molar-refractivity contribution in [2.45, 2.75) is 64.4 Å². The average Bonchev–Trinajstić information content (AvgIpc) is 2.56. The topological polar surface area (TPSA) is 58.3 Å². The third-order valence-corrected chi connectivity index (χ3v) is 5.60. The smallest absolute Gasteiger partial charge is 0.0728 e. The third-order valence-electron chi connectivity index (χ3n) is 5.60. The SMILES string of the molecule is CC1(C)CCC(CN)(C2(O)CCCNCC2)CC1. The Morgan fingerprint density at radius 1 is 1.00 bits per heavy atom. The molecule has 2 aliphatic rings. The van der Waals surface area contributed by atoms with E-state index in [-0.39, 0.29) is 5.41 Å². The van der Waals surface area contributed by atoms with Crippen molar-refractivity contribution in [2.24, 2.45) is 16.6 Å². The molecule has 1 heterocycles. The first-order valence-corrected chi connectivity index (χ1v) is 7.56. The van der Waals surface area contributed by atoms with Crippen molar-refractivity contribution < 1.29 is 5.11 Å². The Kier molecular flexibility index (Phi) is 4.05. The Balaban J connectivity index is 2.16. The number of nitrogens with one attached hydrogen (secondary N) is 1.